The topological polar surface area (TPSA) is 96.8 Å². The second kappa shape index (κ2) is 11.9. The van der Waals surface area contributed by atoms with Crippen molar-refractivity contribution < 1.29 is 19.1 Å². The molecule has 216 valence electrons. The van der Waals surface area contributed by atoms with Crippen molar-refractivity contribution in [3.05, 3.63) is 29.5 Å². The van der Waals surface area contributed by atoms with Gasteiger partial charge in [-0.1, -0.05) is 18.6 Å². The van der Waals surface area contributed by atoms with E-state index in [1.807, 2.05) is 16.6 Å². The van der Waals surface area contributed by atoms with E-state index in [1.165, 1.54) is 24.8 Å². The van der Waals surface area contributed by atoms with Crippen LogP contribution >= 0.6 is 0 Å². The van der Waals surface area contributed by atoms with Crippen molar-refractivity contribution in [1.82, 2.24) is 24.9 Å². The Bertz CT molecular complexity index is 1240. The van der Waals surface area contributed by atoms with Gasteiger partial charge in [-0.3, -0.25) is 19.6 Å². The number of aryl methyl sites for hydroxylation is 1. The van der Waals surface area contributed by atoms with E-state index >= 15 is 0 Å². The molecule has 0 spiro atoms. The molecule has 1 aliphatic carbocycles. The molecule has 4 aliphatic rings. The summed E-state index contributed by atoms with van der Waals surface area (Å²) in [6.45, 7) is 4.95. The zero-order valence-electron chi connectivity index (χ0n) is 23.8. The zero-order chi connectivity index (χ0) is 27.6. The van der Waals surface area contributed by atoms with Crippen LogP contribution in [0.25, 0.3) is 10.9 Å². The van der Waals surface area contributed by atoms with Gasteiger partial charge in [0, 0.05) is 38.5 Å². The van der Waals surface area contributed by atoms with Gasteiger partial charge in [-0.05, 0) is 94.3 Å². The number of hydrogen-bond donors (Lipinski definition) is 1. The first-order valence-electron chi connectivity index (χ1n) is 15.4. The number of nitrogens with zero attached hydrogens (tertiary/aromatic N) is 4. The molecule has 6 rings (SSSR count). The molecule has 3 amide bonds. The molecule has 9 nitrogen and oxygen atoms in total. The van der Waals surface area contributed by atoms with Crippen LogP contribution in [0.2, 0.25) is 0 Å². The summed E-state index contributed by atoms with van der Waals surface area (Å²) in [6.07, 6.45) is 11.0. The average molecular weight is 550 g/mol. The fraction of sp³-hybridized carbons (Fsp3) is 0.677. The standard InChI is InChI=1S/C31H43N5O4/c1-34-27-19-23(7-8-25(27)29(33-34)26-9-10-28(37)32-30(26)38)22-13-15-35(16-14-22)20-21-11-17-36(18-12-21)31(39)40-24-5-3-2-4-6-24/h7-8,19,21-22,24,26H,2-6,9-18,20H2,1H3,(H,32,37,38). The minimum atomic E-state index is -0.370. The van der Waals surface area contributed by atoms with E-state index in [0.717, 1.165) is 87.8 Å². The normalized spacial score (nSPS) is 24.4. The van der Waals surface area contributed by atoms with E-state index in [1.54, 1.807) is 0 Å². The lowest BCUT2D eigenvalue weighted by Crippen LogP contribution is -2.44. The number of hydrogen-bond acceptors (Lipinski definition) is 6. The van der Waals surface area contributed by atoms with Crippen LogP contribution in [0.5, 0.6) is 0 Å². The first-order chi connectivity index (χ1) is 19.4. The van der Waals surface area contributed by atoms with Crippen molar-refractivity contribution in [3.8, 4) is 0 Å². The summed E-state index contributed by atoms with van der Waals surface area (Å²) in [5, 5.41) is 8.17. The number of carbonyl (C=O) groups excluding carboxylic acids is 3. The van der Waals surface area contributed by atoms with Gasteiger partial charge in [0.05, 0.1) is 17.1 Å². The monoisotopic (exact) mass is 549 g/mol. The minimum absolute atomic E-state index is 0.0965. The fourth-order valence-corrected chi connectivity index (χ4v) is 7.28. The number of benzene rings is 1. The first kappa shape index (κ1) is 27.2. The van der Waals surface area contributed by atoms with Gasteiger partial charge in [0.15, 0.2) is 0 Å². The summed E-state index contributed by atoms with van der Waals surface area (Å²) in [7, 11) is 1.94. The predicted molar refractivity (Wildman–Crippen MR) is 152 cm³/mol. The number of amides is 3. The van der Waals surface area contributed by atoms with Crippen LogP contribution < -0.4 is 5.32 Å². The number of carbonyl (C=O) groups is 3. The van der Waals surface area contributed by atoms with Crippen molar-refractivity contribution in [1.29, 1.82) is 0 Å². The predicted octanol–water partition coefficient (Wildman–Crippen LogP) is 4.45. The molecule has 1 aromatic carbocycles. The third kappa shape index (κ3) is 5.90. The van der Waals surface area contributed by atoms with Crippen LogP contribution in [-0.2, 0) is 21.4 Å². The molecule has 0 bridgehead atoms. The highest BCUT2D eigenvalue weighted by Crippen LogP contribution is 2.35. The SMILES string of the molecule is Cn1nc(C2CCC(=O)NC2=O)c2ccc(C3CCN(CC4CCN(C(=O)OC5CCCCC5)CC4)CC3)cc21. The summed E-state index contributed by atoms with van der Waals surface area (Å²) in [5.74, 6) is 0.357. The Morgan fingerprint density at radius 3 is 2.45 bits per heavy atom. The molecular weight excluding hydrogens is 506 g/mol. The molecule has 40 heavy (non-hydrogen) atoms. The Morgan fingerprint density at radius 2 is 1.73 bits per heavy atom. The Kier molecular flexibility index (Phi) is 8.10. The second-order valence-electron chi connectivity index (χ2n) is 12.4. The highest BCUT2D eigenvalue weighted by atomic mass is 16.6. The number of piperidine rings is 3. The van der Waals surface area contributed by atoms with Crippen molar-refractivity contribution in [2.24, 2.45) is 13.0 Å². The van der Waals surface area contributed by atoms with Gasteiger partial charge in [0.1, 0.15) is 6.10 Å². The number of imide groups is 1. The van der Waals surface area contributed by atoms with Crippen molar-refractivity contribution in [2.75, 3.05) is 32.7 Å². The van der Waals surface area contributed by atoms with Crippen molar-refractivity contribution in [3.63, 3.8) is 0 Å². The summed E-state index contributed by atoms with van der Waals surface area (Å²) >= 11 is 0. The molecule has 4 heterocycles. The average Bonchev–Trinajstić information content (AvgIpc) is 3.29. The molecule has 1 N–H and O–H groups in total. The molecule has 1 aromatic heterocycles. The molecule has 1 saturated carbocycles. The van der Waals surface area contributed by atoms with E-state index in [4.69, 9.17) is 9.84 Å². The molecule has 0 radical (unpaired) electrons. The zero-order valence-corrected chi connectivity index (χ0v) is 23.8. The lowest BCUT2D eigenvalue weighted by molar-refractivity contribution is -0.134. The molecule has 9 heteroatoms. The molecule has 3 saturated heterocycles. The van der Waals surface area contributed by atoms with Gasteiger partial charge in [0.2, 0.25) is 11.8 Å². The molecule has 3 aliphatic heterocycles. The quantitative estimate of drug-likeness (QED) is 0.554. The van der Waals surface area contributed by atoms with Gasteiger partial charge >= 0.3 is 6.09 Å². The Labute approximate surface area is 236 Å². The summed E-state index contributed by atoms with van der Waals surface area (Å²) in [4.78, 5) is 41.2. The van der Waals surface area contributed by atoms with Crippen LogP contribution in [0.4, 0.5) is 4.79 Å². The van der Waals surface area contributed by atoms with E-state index < -0.39 is 0 Å². The highest BCUT2D eigenvalue weighted by molar-refractivity contribution is 6.02. The Hall–Kier alpha value is -2.94. The van der Waals surface area contributed by atoms with Crippen molar-refractivity contribution in [2.45, 2.75) is 88.6 Å². The lowest BCUT2D eigenvalue weighted by atomic mass is 9.87. The Balaban J connectivity index is 0.990. The molecule has 2 aromatic rings. The molecule has 1 unspecified atom stereocenters. The maximum atomic E-state index is 12.6. The summed E-state index contributed by atoms with van der Waals surface area (Å²) < 4.78 is 7.67. The van der Waals surface area contributed by atoms with Crippen LogP contribution in [0.3, 0.4) is 0 Å². The van der Waals surface area contributed by atoms with Crippen molar-refractivity contribution >= 4 is 28.8 Å². The number of nitrogens with one attached hydrogen (secondary N) is 1. The Morgan fingerprint density at radius 1 is 0.975 bits per heavy atom. The van der Waals surface area contributed by atoms with Crippen LogP contribution in [-0.4, -0.2) is 76.3 Å². The number of likely N-dealkylation sites (tertiary alicyclic amines) is 2. The third-order valence-electron chi connectivity index (χ3n) is 9.74. The third-order valence-corrected chi connectivity index (χ3v) is 9.74. The number of ether oxygens (including phenoxy) is 1. The first-order valence-corrected chi connectivity index (χ1v) is 15.4. The number of fused-ring (bicyclic) bond motifs is 1. The summed E-state index contributed by atoms with van der Waals surface area (Å²) in [5.41, 5.74) is 3.17. The van der Waals surface area contributed by atoms with Gasteiger partial charge in [0.25, 0.3) is 0 Å². The molecule has 4 fully saturated rings. The molecular formula is C31H43N5O4. The largest absolute Gasteiger partial charge is 0.446 e. The number of aromatic nitrogens is 2. The lowest BCUT2D eigenvalue weighted by Gasteiger charge is -2.38. The fourth-order valence-electron chi connectivity index (χ4n) is 7.28. The smallest absolute Gasteiger partial charge is 0.410 e. The minimum Gasteiger partial charge on any atom is -0.446 e. The van der Waals surface area contributed by atoms with Crippen LogP contribution in [0, 0.1) is 5.92 Å². The van der Waals surface area contributed by atoms with E-state index in [0.29, 0.717) is 24.7 Å². The summed E-state index contributed by atoms with van der Waals surface area (Å²) in [6, 6.07) is 6.58. The van der Waals surface area contributed by atoms with E-state index in [9.17, 15) is 14.4 Å². The highest BCUT2D eigenvalue weighted by Gasteiger charge is 2.32. The van der Waals surface area contributed by atoms with Gasteiger partial charge in [-0.25, -0.2) is 4.79 Å². The van der Waals surface area contributed by atoms with Crippen LogP contribution in [0.15, 0.2) is 18.2 Å². The van der Waals surface area contributed by atoms with Gasteiger partial charge < -0.3 is 14.5 Å². The van der Waals surface area contributed by atoms with E-state index in [-0.39, 0.29) is 29.9 Å². The maximum Gasteiger partial charge on any atom is 0.410 e. The maximum absolute atomic E-state index is 12.6. The molecule has 1 atom stereocenters. The van der Waals surface area contributed by atoms with Gasteiger partial charge in [-0.15, -0.1) is 0 Å². The van der Waals surface area contributed by atoms with E-state index in [2.05, 4.69) is 28.4 Å². The van der Waals surface area contributed by atoms with Gasteiger partial charge in [-0.2, -0.15) is 5.10 Å². The van der Waals surface area contributed by atoms with Crippen LogP contribution in [0.1, 0.15) is 93.7 Å². The number of rotatable bonds is 5. The second-order valence-corrected chi connectivity index (χ2v) is 12.4.